The van der Waals surface area contributed by atoms with E-state index >= 15 is 0 Å². The lowest BCUT2D eigenvalue weighted by Gasteiger charge is -2.26. The Morgan fingerprint density at radius 3 is 2.61 bits per heavy atom. The van der Waals surface area contributed by atoms with E-state index in [1.54, 1.807) is 4.68 Å². The third kappa shape index (κ3) is 4.12. The summed E-state index contributed by atoms with van der Waals surface area (Å²) in [6.45, 7) is 5.68. The number of aryl methyl sites for hydroxylation is 2. The van der Waals surface area contributed by atoms with Crippen molar-refractivity contribution in [2.24, 2.45) is 5.92 Å². The third-order valence-corrected chi connectivity index (χ3v) is 4.64. The molecule has 1 heterocycles. The van der Waals surface area contributed by atoms with E-state index in [4.69, 9.17) is 4.74 Å². The van der Waals surface area contributed by atoms with Crippen LogP contribution in [0.3, 0.4) is 0 Å². The molecule has 128 valence electrons. The van der Waals surface area contributed by atoms with Crippen molar-refractivity contribution in [3.8, 4) is 0 Å². The van der Waals surface area contributed by atoms with Crippen LogP contribution in [0, 0.1) is 19.8 Å². The SMILES string of the molecule is COC(=O)[C@H]1CCCCC[C@H]1NC(=O)[C@@H](C)n1nc(C)cc1C. The first-order chi connectivity index (χ1) is 10.9. The zero-order valence-electron chi connectivity index (χ0n) is 14.5. The third-order valence-electron chi connectivity index (χ3n) is 4.64. The van der Waals surface area contributed by atoms with Gasteiger partial charge in [0.2, 0.25) is 5.91 Å². The lowest BCUT2D eigenvalue weighted by molar-refractivity contribution is -0.147. The second-order valence-electron chi connectivity index (χ2n) is 6.43. The quantitative estimate of drug-likeness (QED) is 0.682. The normalized spacial score (nSPS) is 23.0. The Kier molecular flexibility index (Phi) is 5.80. The molecule has 0 saturated heterocycles. The number of amides is 1. The van der Waals surface area contributed by atoms with Gasteiger partial charge in [0.25, 0.3) is 0 Å². The molecule has 0 unspecified atom stereocenters. The number of nitrogens with one attached hydrogen (secondary N) is 1. The van der Waals surface area contributed by atoms with Crippen LogP contribution >= 0.6 is 0 Å². The maximum Gasteiger partial charge on any atom is 0.310 e. The molecule has 0 spiro atoms. The van der Waals surface area contributed by atoms with Crippen molar-refractivity contribution in [1.82, 2.24) is 15.1 Å². The van der Waals surface area contributed by atoms with E-state index in [9.17, 15) is 9.59 Å². The highest BCUT2D eigenvalue weighted by Crippen LogP contribution is 2.25. The average Bonchev–Trinajstić information content (AvgIpc) is 2.73. The predicted molar refractivity (Wildman–Crippen MR) is 86.9 cm³/mol. The molecule has 6 heteroatoms. The van der Waals surface area contributed by atoms with Crippen LogP contribution in [0.15, 0.2) is 6.07 Å². The number of carbonyl (C=O) groups is 2. The monoisotopic (exact) mass is 321 g/mol. The molecule has 0 radical (unpaired) electrons. The van der Waals surface area contributed by atoms with E-state index < -0.39 is 6.04 Å². The average molecular weight is 321 g/mol. The van der Waals surface area contributed by atoms with Crippen LogP contribution in [0.25, 0.3) is 0 Å². The molecule has 1 N–H and O–H groups in total. The summed E-state index contributed by atoms with van der Waals surface area (Å²) in [6, 6.07) is 1.40. The fourth-order valence-corrected chi connectivity index (χ4v) is 3.37. The topological polar surface area (TPSA) is 73.2 Å². The fraction of sp³-hybridized carbons (Fsp3) is 0.706. The van der Waals surface area contributed by atoms with Gasteiger partial charge in [0.15, 0.2) is 0 Å². The second kappa shape index (κ2) is 7.62. The summed E-state index contributed by atoms with van der Waals surface area (Å²) in [7, 11) is 1.41. The van der Waals surface area contributed by atoms with Gasteiger partial charge in [-0.2, -0.15) is 5.10 Å². The Hall–Kier alpha value is -1.85. The first-order valence-corrected chi connectivity index (χ1v) is 8.35. The van der Waals surface area contributed by atoms with Gasteiger partial charge < -0.3 is 10.1 Å². The molecule has 1 aliphatic rings. The van der Waals surface area contributed by atoms with Crippen LogP contribution in [0.5, 0.6) is 0 Å². The zero-order valence-corrected chi connectivity index (χ0v) is 14.5. The van der Waals surface area contributed by atoms with Crippen molar-refractivity contribution in [1.29, 1.82) is 0 Å². The zero-order chi connectivity index (χ0) is 17.0. The first-order valence-electron chi connectivity index (χ1n) is 8.35. The summed E-state index contributed by atoms with van der Waals surface area (Å²) in [6.07, 6.45) is 4.69. The number of hydrogen-bond acceptors (Lipinski definition) is 4. The van der Waals surface area contributed by atoms with E-state index in [2.05, 4.69) is 10.4 Å². The van der Waals surface area contributed by atoms with E-state index in [-0.39, 0.29) is 23.8 Å². The van der Waals surface area contributed by atoms with Crippen molar-refractivity contribution >= 4 is 11.9 Å². The molecule has 0 bridgehead atoms. The number of carbonyl (C=O) groups excluding carboxylic acids is 2. The molecule has 23 heavy (non-hydrogen) atoms. The number of ether oxygens (including phenoxy) is 1. The second-order valence-corrected chi connectivity index (χ2v) is 6.43. The van der Waals surface area contributed by atoms with Crippen molar-refractivity contribution in [3.63, 3.8) is 0 Å². The molecular formula is C17H27N3O3. The van der Waals surface area contributed by atoms with E-state index in [1.807, 2.05) is 26.8 Å². The van der Waals surface area contributed by atoms with Gasteiger partial charge in [0, 0.05) is 11.7 Å². The largest absolute Gasteiger partial charge is 0.469 e. The summed E-state index contributed by atoms with van der Waals surface area (Å²) in [4.78, 5) is 24.6. The Morgan fingerprint density at radius 2 is 2.00 bits per heavy atom. The Morgan fingerprint density at radius 1 is 1.30 bits per heavy atom. The van der Waals surface area contributed by atoms with Gasteiger partial charge in [0.1, 0.15) is 6.04 Å². The van der Waals surface area contributed by atoms with Gasteiger partial charge in [-0.1, -0.05) is 19.3 Å². The molecule has 0 aromatic carbocycles. The minimum atomic E-state index is -0.398. The number of aromatic nitrogens is 2. The van der Waals surface area contributed by atoms with Crippen LogP contribution in [-0.4, -0.2) is 34.8 Å². The molecule has 3 atom stereocenters. The standard InChI is InChI=1S/C17H27N3O3/c1-11-10-12(2)20(19-11)13(3)16(21)18-15-9-7-5-6-8-14(15)17(22)23-4/h10,13-15H,5-9H2,1-4H3,(H,18,21)/t13-,14+,15-/m1/s1. The molecule has 0 aliphatic heterocycles. The van der Waals surface area contributed by atoms with Gasteiger partial charge >= 0.3 is 5.97 Å². The smallest absolute Gasteiger partial charge is 0.310 e. The molecule has 1 aliphatic carbocycles. The molecule has 1 amide bonds. The number of methoxy groups -OCH3 is 1. The van der Waals surface area contributed by atoms with Crippen LogP contribution < -0.4 is 5.32 Å². The first kappa shape index (κ1) is 17.5. The van der Waals surface area contributed by atoms with Crippen molar-refractivity contribution in [2.75, 3.05) is 7.11 Å². The Labute approximate surface area is 137 Å². The van der Waals surface area contributed by atoms with Gasteiger partial charge in [-0.05, 0) is 39.7 Å². The highest BCUT2D eigenvalue weighted by atomic mass is 16.5. The summed E-state index contributed by atoms with van der Waals surface area (Å²) in [5.74, 6) is -0.577. The number of nitrogens with zero attached hydrogens (tertiary/aromatic N) is 2. The van der Waals surface area contributed by atoms with Crippen molar-refractivity contribution in [3.05, 3.63) is 17.5 Å². The van der Waals surface area contributed by atoms with Crippen molar-refractivity contribution < 1.29 is 14.3 Å². The van der Waals surface area contributed by atoms with Crippen LogP contribution in [0.4, 0.5) is 0 Å². The number of hydrogen-bond donors (Lipinski definition) is 1. The van der Waals surface area contributed by atoms with Gasteiger partial charge in [-0.15, -0.1) is 0 Å². The molecule has 1 fully saturated rings. The van der Waals surface area contributed by atoms with Gasteiger partial charge in [-0.25, -0.2) is 0 Å². The fourth-order valence-electron chi connectivity index (χ4n) is 3.37. The van der Waals surface area contributed by atoms with Crippen molar-refractivity contribution in [2.45, 2.75) is 65.0 Å². The highest BCUT2D eigenvalue weighted by Gasteiger charge is 2.32. The van der Waals surface area contributed by atoms with Gasteiger partial charge in [-0.3, -0.25) is 14.3 Å². The molecule has 1 aromatic heterocycles. The minimum Gasteiger partial charge on any atom is -0.469 e. The molecule has 1 aromatic rings. The molecule has 6 nitrogen and oxygen atoms in total. The maximum atomic E-state index is 12.6. The highest BCUT2D eigenvalue weighted by molar-refractivity contribution is 5.81. The molecule has 1 saturated carbocycles. The predicted octanol–water partition coefficient (Wildman–Crippen LogP) is 2.30. The molecular weight excluding hydrogens is 294 g/mol. The maximum absolute atomic E-state index is 12.6. The van der Waals surface area contributed by atoms with Crippen LogP contribution in [-0.2, 0) is 14.3 Å². The molecule has 2 rings (SSSR count). The van der Waals surface area contributed by atoms with E-state index in [0.717, 1.165) is 43.5 Å². The summed E-state index contributed by atoms with van der Waals surface area (Å²) < 4.78 is 6.65. The number of esters is 1. The minimum absolute atomic E-state index is 0.1000. The summed E-state index contributed by atoms with van der Waals surface area (Å²) in [5.41, 5.74) is 1.85. The Bertz CT molecular complexity index is 567. The van der Waals surface area contributed by atoms with Gasteiger partial charge in [0.05, 0.1) is 18.7 Å². The summed E-state index contributed by atoms with van der Waals surface area (Å²) >= 11 is 0. The van der Waals surface area contributed by atoms with Crippen LogP contribution in [0.2, 0.25) is 0 Å². The van der Waals surface area contributed by atoms with E-state index in [1.165, 1.54) is 7.11 Å². The summed E-state index contributed by atoms with van der Waals surface area (Å²) in [5, 5.41) is 7.44. The lowest BCUT2D eigenvalue weighted by Crippen LogP contribution is -2.45. The lowest BCUT2D eigenvalue weighted by atomic mass is 9.94. The Balaban J connectivity index is 2.09. The van der Waals surface area contributed by atoms with E-state index in [0.29, 0.717) is 0 Å². The number of rotatable bonds is 4. The van der Waals surface area contributed by atoms with Crippen LogP contribution in [0.1, 0.15) is 56.5 Å².